The monoisotopic (exact) mass is 231 g/mol. The van der Waals surface area contributed by atoms with Crippen LogP contribution in [0.1, 0.15) is 12.5 Å². The second-order valence-electron chi connectivity index (χ2n) is 3.17. The van der Waals surface area contributed by atoms with Crippen LogP contribution in [-0.4, -0.2) is 11.1 Å². The minimum Gasteiger partial charge on any atom is -0.258 e. The second-order valence-corrected chi connectivity index (χ2v) is 3.17. The molecule has 0 aliphatic carbocycles. The molecular weight excluding hydrogens is 223 g/mol. The van der Waals surface area contributed by atoms with Crippen molar-refractivity contribution in [2.24, 2.45) is 0 Å². The SMILES string of the molecule is C/C(=C\C(F)(F)F)c1ccc([N+](=O)[O-])cc1. The van der Waals surface area contributed by atoms with Crippen LogP contribution in [0, 0.1) is 10.1 Å². The van der Waals surface area contributed by atoms with E-state index in [9.17, 15) is 23.3 Å². The van der Waals surface area contributed by atoms with Crippen molar-refractivity contribution in [3.05, 3.63) is 46.0 Å². The van der Waals surface area contributed by atoms with E-state index >= 15 is 0 Å². The van der Waals surface area contributed by atoms with Crippen LogP contribution in [0.4, 0.5) is 18.9 Å². The number of nitrogens with zero attached hydrogens (tertiary/aromatic N) is 1. The molecule has 1 aromatic rings. The van der Waals surface area contributed by atoms with E-state index in [-0.39, 0.29) is 17.3 Å². The number of halogens is 3. The molecule has 0 saturated carbocycles. The van der Waals surface area contributed by atoms with Crippen LogP contribution in [0.2, 0.25) is 0 Å². The van der Waals surface area contributed by atoms with Crippen molar-refractivity contribution < 1.29 is 18.1 Å². The first kappa shape index (κ1) is 12.2. The van der Waals surface area contributed by atoms with Crippen molar-refractivity contribution in [1.82, 2.24) is 0 Å². The quantitative estimate of drug-likeness (QED) is 0.576. The fraction of sp³-hybridized carbons (Fsp3) is 0.200. The molecule has 3 nitrogen and oxygen atoms in total. The predicted octanol–water partition coefficient (Wildman–Crippen LogP) is 3.56. The van der Waals surface area contributed by atoms with Crippen LogP contribution in [0.15, 0.2) is 30.3 Å². The molecule has 0 unspecified atom stereocenters. The van der Waals surface area contributed by atoms with E-state index in [0.29, 0.717) is 5.56 Å². The molecule has 86 valence electrons. The number of nitro benzene ring substituents is 1. The highest BCUT2D eigenvalue weighted by molar-refractivity contribution is 5.65. The van der Waals surface area contributed by atoms with Gasteiger partial charge >= 0.3 is 6.18 Å². The molecule has 0 radical (unpaired) electrons. The fourth-order valence-corrected chi connectivity index (χ4v) is 1.17. The van der Waals surface area contributed by atoms with Gasteiger partial charge in [-0.25, -0.2) is 0 Å². The van der Waals surface area contributed by atoms with E-state index in [1.807, 2.05) is 0 Å². The minimum absolute atomic E-state index is 0.0161. The van der Waals surface area contributed by atoms with E-state index in [0.717, 1.165) is 0 Å². The summed E-state index contributed by atoms with van der Waals surface area (Å²) >= 11 is 0. The number of rotatable bonds is 2. The Bertz CT molecular complexity index is 421. The zero-order valence-electron chi connectivity index (χ0n) is 8.28. The van der Waals surface area contributed by atoms with Crippen molar-refractivity contribution in [1.29, 1.82) is 0 Å². The number of non-ortho nitro benzene ring substituents is 1. The van der Waals surface area contributed by atoms with Crippen LogP contribution in [0.25, 0.3) is 5.57 Å². The minimum atomic E-state index is -4.38. The molecule has 0 atom stereocenters. The van der Waals surface area contributed by atoms with Gasteiger partial charge in [0, 0.05) is 18.2 Å². The van der Waals surface area contributed by atoms with E-state index in [1.54, 1.807) is 0 Å². The molecule has 0 aliphatic rings. The Morgan fingerprint density at radius 3 is 2.19 bits per heavy atom. The molecule has 0 fully saturated rings. The Hall–Kier alpha value is -1.85. The maximum Gasteiger partial charge on any atom is 0.410 e. The van der Waals surface area contributed by atoms with Gasteiger partial charge in [0.05, 0.1) is 4.92 Å². The normalized spacial score (nSPS) is 12.6. The Kier molecular flexibility index (Phi) is 3.31. The zero-order chi connectivity index (χ0) is 12.3. The first-order valence-corrected chi connectivity index (χ1v) is 4.30. The smallest absolute Gasteiger partial charge is 0.258 e. The third-order valence-electron chi connectivity index (χ3n) is 1.91. The molecule has 6 heteroatoms. The van der Waals surface area contributed by atoms with Crippen molar-refractivity contribution in [2.75, 3.05) is 0 Å². The molecule has 0 heterocycles. The Morgan fingerprint density at radius 2 is 1.81 bits per heavy atom. The highest BCUT2D eigenvalue weighted by atomic mass is 19.4. The van der Waals surface area contributed by atoms with Crippen molar-refractivity contribution in [3.63, 3.8) is 0 Å². The van der Waals surface area contributed by atoms with Gasteiger partial charge in [0.2, 0.25) is 0 Å². The lowest BCUT2D eigenvalue weighted by Gasteiger charge is -2.04. The van der Waals surface area contributed by atoms with Gasteiger partial charge in [-0.15, -0.1) is 0 Å². The third-order valence-corrected chi connectivity index (χ3v) is 1.91. The summed E-state index contributed by atoms with van der Waals surface area (Å²) in [6, 6.07) is 4.91. The van der Waals surface area contributed by atoms with E-state index in [4.69, 9.17) is 0 Å². The molecular formula is C10H8F3NO2. The van der Waals surface area contributed by atoms with Crippen molar-refractivity contribution in [3.8, 4) is 0 Å². The Balaban J connectivity index is 2.99. The van der Waals surface area contributed by atoms with E-state index in [1.165, 1.54) is 31.2 Å². The molecule has 0 N–H and O–H groups in total. The molecule has 0 saturated heterocycles. The van der Waals surface area contributed by atoms with Crippen LogP contribution >= 0.6 is 0 Å². The third kappa shape index (κ3) is 3.38. The molecule has 1 rings (SSSR count). The van der Waals surface area contributed by atoms with Gasteiger partial charge < -0.3 is 0 Å². The van der Waals surface area contributed by atoms with E-state index < -0.39 is 11.1 Å². The lowest BCUT2D eigenvalue weighted by molar-refractivity contribution is -0.384. The van der Waals surface area contributed by atoms with Gasteiger partial charge in [0.25, 0.3) is 5.69 Å². The lowest BCUT2D eigenvalue weighted by Crippen LogP contribution is -2.02. The first-order chi connectivity index (χ1) is 7.29. The van der Waals surface area contributed by atoms with Gasteiger partial charge in [0.1, 0.15) is 0 Å². The fourth-order valence-electron chi connectivity index (χ4n) is 1.17. The summed E-state index contributed by atoms with van der Waals surface area (Å²) in [7, 11) is 0. The van der Waals surface area contributed by atoms with Gasteiger partial charge in [-0.3, -0.25) is 10.1 Å². The molecule has 0 spiro atoms. The molecule has 0 aromatic heterocycles. The number of allylic oxidation sites excluding steroid dienone is 2. The van der Waals surface area contributed by atoms with Gasteiger partial charge in [-0.1, -0.05) is 0 Å². The summed E-state index contributed by atoms with van der Waals surface area (Å²) < 4.78 is 36.0. The van der Waals surface area contributed by atoms with Crippen LogP contribution in [-0.2, 0) is 0 Å². The summed E-state index contributed by atoms with van der Waals surface area (Å²) in [6.07, 6.45) is -4.22. The standard InChI is InChI=1S/C10H8F3NO2/c1-7(6-10(11,12)13)8-2-4-9(5-3-8)14(15)16/h2-6H,1H3/b7-6+. The molecule has 0 bridgehead atoms. The van der Waals surface area contributed by atoms with Crippen molar-refractivity contribution in [2.45, 2.75) is 13.1 Å². The van der Waals surface area contributed by atoms with Crippen LogP contribution in [0.3, 0.4) is 0 Å². The highest BCUT2D eigenvalue weighted by Gasteiger charge is 2.23. The zero-order valence-corrected chi connectivity index (χ0v) is 8.28. The summed E-state index contributed by atoms with van der Waals surface area (Å²) in [5.41, 5.74) is 0.175. The summed E-state index contributed by atoms with van der Waals surface area (Å²) in [4.78, 5) is 9.72. The highest BCUT2D eigenvalue weighted by Crippen LogP contribution is 2.24. The number of hydrogen-bond donors (Lipinski definition) is 0. The Labute approximate surface area is 89.4 Å². The summed E-state index contributed by atoms with van der Waals surface area (Å²) in [5, 5.41) is 10.3. The largest absolute Gasteiger partial charge is 0.410 e. The predicted molar refractivity (Wildman–Crippen MR) is 52.8 cm³/mol. The van der Waals surface area contributed by atoms with Gasteiger partial charge in [0.15, 0.2) is 0 Å². The molecule has 0 amide bonds. The number of benzene rings is 1. The van der Waals surface area contributed by atoms with Gasteiger partial charge in [-0.2, -0.15) is 13.2 Å². The van der Waals surface area contributed by atoms with Gasteiger partial charge in [-0.05, 0) is 30.2 Å². The number of nitro groups is 1. The summed E-state index contributed by atoms with van der Waals surface area (Å²) in [5.74, 6) is 0. The van der Waals surface area contributed by atoms with Crippen molar-refractivity contribution >= 4 is 11.3 Å². The maximum atomic E-state index is 12.0. The maximum absolute atomic E-state index is 12.0. The van der Waals surface area contributed by atoms with Crippen LogP contribution < -0.4 is 0 Å². The Morgan fingerprint density at radius 1 is 1.31 bits per heavy atom. The number of alkyl halides is 3. The lowest BCUT2D eigenvalue weighted by atomic mass is 10.1. The topological polar surface area (TPSA) is 43.1 Å². The number of hydrogen-bond acceptors (Lipinski definition) is 2. The average Bonchev–Trinajstić information content (AvgIpc) is 2.15. The second kappa shape index (κ2) is 4.34. The average molecular weight is 231 g/mol. The molecule has 16 heavy (non-hydrogen) atoms. The first-order valence-electron chi connectivity index (χ1n) is 4.30. The molecule has 0 aliphatic heterocycles. The molecule has 1 aromatic carbocycles. The summed E-state index contributed by atoms with van der Waals surface area (Å²) in [6.45, 7) is 1.30. The van der Waals surface area contributed by atoms with E-state index in [2.05, 4.69) is 0 Å². The van der Waals surface area contributed by atoms with Crippen LogP contribution in [0.5, 0.6) is 0 Å².